The molecule has 2 aliphatic rings. The van der Waals surface area contributed by atoms with Gasteiger partial charge in [0, 0.05) is 25.6 Å². The average molecular weight is 233 g/mol. The van der Waals surface area contributed by atoms with Crippen LogP contribution in [0.25, 0.3) is 0 Å². The summed E-state index contributed by atoms with van der Waals surface area (Å²) in [5.41, 5.74) is 8.09. The molecule has 17 heavy (non-hydrogen) atoms. The van der Waals surface area contributed by atoms with Gasteiger partial charge in [0.25, 0.3) is 0 Å². The molecule has 0 bridgehead atoms. The van der Waals surface area contributed by atoms with Crippen molar-refractivity contribution in [2.75, 3.05) is 32.8 Å². The first-order chi connectivity index (χ1) is 8.45. The van der Waals surface area contributed by atoms with Crippen molar-refractivity contribution in [3.05, 3.63) is 35.9 Å². The van der Waals surface area contributed by atoms with Crippen LogP contribution < -0.4 is 10.9 Å². The third kappa shape index (κ3) is 2.35. The molecule has 4 heteroatoms. The van der Waals surface area contributed by atoms with Gasteiger partial charge in [0.15, 0.2) is 0 Å². The highest BCUT2D eigenvalue weighted by Crippen LogP contribution is 2.24. The molecule has 92 valence electrons. The molecule has 0 spiro atoms. The molecule has 2 heterocycles. The van der Waals surface area contributed by atoms with E-state index < -0.39 is 0 Å². The lowest BCUT2D eigenvalue weighted by Gasteiger charge is -2.34. The molecule has 1 aromatic carbocycles. The Morgan fingerprint density at radius 1 is 1.12 bits per heavy atom. The van der Waals surface area contributed by atoms with Crippen LogP contribution in [0.1, 0.15) is 11.5 Å². The number of hydrogen-bond acceptors (Lipinski definition) is 4. The molecule has 2 unspecified atom stereocenters. The van der Waals surface area contributed by atoms with Crippen LogP contribution in [0.3, 0.4) is 0 Å². The van der Waals surface area contributed by atoms with Crippen molar-refractivity contribution in [2.45, 2.75) is 12.1 Å². The van der Waals surface area contributed by atoms with Crippen molar-refractivity contribution in [1.29, 1.82) is 0 Å². The van der Waals surface area contributed by atoms with Crippen LogP contribution in [0.5, 0.6) is 0 Å². The maximum absolute atomic E-state index is 5.41. The molecule has 0 aliphatic carbocycles. The van der Waals surface area contributed by atoms with E-state index in [0.29, 0.717) is 12.1 Å². The molecule has 4 nitrogen and oxygen atoms in total. The van der Waals surface area contributed by atoms with Crippen LogP contribution in [0, 0.1) is 0 Å². The summed E-state index contributed by atoms with van der Waals surface area (Å²) in [6.45, 7) is 4.72. The molecule has 2 N–H and O–H groups in total. The summed E-state index contributed by atoms with van der Waals surface area (Å²) in [4.78, 5) is 2.47. The second kappa shape index (κ2) is 5.14. The van der Waals surface area contributed by atoms with Gasteiger partial charge >= 0.3 is 0 Å². The van der Waals surface area contributed by atoms with Gasteiger partial charge in [-0.05, 0) is 5.56 Å². The van der Waals surface area contributed by atoms with Gasteiger partial charge in [-0.1, -0.05) is 30.3 Å². The summed E-state index contributed by atoms with van der Waals surface area (Å²) >= 11 is 0. The van der Waals surface area contributed by atoms with E-state index in [9.17, 15) is 0 Å². The lowest BCUT2D eigenvalue weighted by Crippen LogP contribution is -2.51. The van der Waals surface area contributed by atoms with Crippen LogP contribution in [-0.2, 0) is 4.74 Å². The molecule has 3 rings (SSSR count). The molecule has 2 fully saturated rings. The van der Waals surface area contributed by atoms with Crippen LogP contribution >= 0.6 is 0 Å². The highest BCUT2D eigenvalue weighted by molar-refractivity contribution is 5.22. The molecular formula is C13H19N3O. The molecule has 2 aliphatic heterocycles. The number of hydrogen-bond donors (Lipinski definition) is 2. The highest BCUT2D eigenvalue weighted by Gasteiger charge is 2.33. The third-order valence-electron chi connectivity index (χ3n) is 3.62. The summed E-state index contributed by atoms with van der Waals surface area (Å²) in [5, 5.41) is 0. The van der Waals surface area contributed by atoms with Crippen LogP contribution in [0.15, 0.2) is 30.3 Å². The minimum absolute atomic E-state index is 0.390. The van der Waals surface area contributed by atoms with E-state index in [0.717, 1.165) is 32.8 Å². The smallest absolute Gasteiger partial charge is 0.0812 e. The Morgan fingerprint density at radius 2 is 1.88 bits per heavy atom. The van der Waals surface area contributed by atoms with E-state index in [4.69, 9.17) is 4.74 Å². The van der Waals surface area contributed by atoms with E-state index in [1.54, 1.807) is 0 Å². The molecule has 0 radical (unpaired) electrons. The minimum atomic E-state index is 0.390. The monoisotopic (exact) mass is 233 g/mol. The van der Waals surface area contributed by atoms with Crippen molar-refractivity contribution in [3.8, 4) is 0 Å². The largest absolute Gasteiger partial charge is 0.379 e. The lowest BCUT2D eigenvalue weighted by atomic mass is 9.96. The molecule has 0 amide bonds. The zero-order valence-electron chi connectivity index (χ0n) is 9.93. The first-order valence-corrected chi connectivity index (χ1v) is 6.30. The van der Waals surface area contributed by atoms with E-state index >= 15 is 0 Å². The van der Waals surface area contributed by atoms with E-state index in [2.05, 4.69) is 46.1 Å². The van der Waals surface area contributed by atoms with Gasteiger partial charge in [-0.3, -0.25) is 10.3 Å². The molecule has 2 saturated heterocycles. The van der Waals surface area contributed by atoms with Crippen LogP contribution in [0.4, 0.5) is 0 Å². The van der Waals surface area contributed by atoms with Gasteiger partial charge < -0.3 is 4.74 Å². The van der Waals surface area contributed by atoms with Crippen molar-refractivity contribution in [2.24, 2.45) is 0 Å². The molecular weight excluding hydrogens is 214 g/mol. The summed E-state index contributed by atoms with van der Waals surface area (Å²) in [7, 11) is 0. The number of rotatable bonds is 2. The Kier molecular flexibility index (Phi) is 3.38. The minimum Gasteiger partial charge on any atom is -0.379 e. The van der Waals surface area contributed by atoms with E-state index in [1.165, 1.54) is 5.56 Å². The predicted molar refractivity (Wildman–Crippen MR) is 66.5 cm³/mol. The Bertz CT molecular complexity index is 351. The normalized spacial score (nSPS) is 30.6. The number of hydrazine groups is 1. The van der Waals surface area contributed by atoms with Gasteiger partial charge in [-0.15, -0.1) is 0 Å². The van der Waals surface area contributed by atoms with Gasteiger partial charge in [-0.2, -0.15) is 0 Å². The van der Waals surface area contributed by atoms with E-state index in [1.807, 2.05) is 0 Å². The maximum Gasteiger partial charge on any atom is 0.0812 e. The van der Waals surface area contributed by atoms with Crippen molar-refractivity contribution < 1.29 is 4.74 Å². The van der Waals surface area contributed by atoms with Crippen LogP contribution in [-0.4, -0.2) is 43.9 Å². The number of nitrogens with one attached hydrogen (secondary N) is 2. The maximum atomic E-state index is 5.41. The number of morpholine rings is 1. The first kappa shape index (κ1) is 11.2. The predicted octanol–water partition coefficient (Wildman–Crippen LogP) is 0.536. The van der Waals surface area contributed by atoms with Gasteiger partial charge in [0.2, 0.25) is 0 Å². The fraction of sp³-hybridized carbons (Fsp3) is 0.538. The highest BCUT2D eigenvalue weighted by atomic mass is 16.5. The summed E-state index contributed by atoms with van der Waals surface area (Å²) < 4.78 is 5.41. The Balaban J connectivity index is 1.75. The second-order valence-corrected chi connectivity index (χ2v) is 4.64. The zero-order chi connectivity index (χ0) is 11.5. The van der Waals surface area contributed by atoms with Crippen molar-refractivity contribution in [1.82, 2.24) is 15.8 Å². The fourth-order valence-electron chi connectivity index (χ4n) is 2.69. The number of benzene rings is 1. The van der Waals surface area contributed by atoms with Crippen molar-refractivity contribution >= 4 is 0 Å². The lowest BCUT2D eigenvalue weighted by molar-refractivity contribution is 0.00861. The number of ether oxygens (including phenoxy) is 1. The summed E-state index contributed by atoms with van der Waals surface area (Å²) in [5.74, 6) is 0.522. The standard InChI is InChI=1S/C13H19N3O/c1-2-4-11(5-3-1)12-10-14-15-13(12)16-6-8-17-9-7-16/h1-5,12-15H,6-10H2. The summed E-state index contributed by atoms with van der Waals surface area (Å²) in [6.07, 6.45) is 0.390. The first-order valence-electron chi connectivity index (χ1n) is 6.30. The van der Waals surface area contributed by atoms with Gasteiger partial charge in [-0.25, -0.2) is 5.43 Å². The summed E-state index contributed by atoms with van der Waals surface area (Å²) in [6, 6.07) is 10.7. The molecule has 0 saturated carbocycles. The zero-order valence-corrected chi connectivity index (χ0v) is 9.93. The Labute approximate surface area is 102 Å². The Hall–Kier alpha value is -0.940. The van der Waals surface area contributed by atoms with Gasteiger partial charge in [0.05, 0.1) is 19.4 Å². The van der Waals surface area contributed by atoms with Crippen LogP contribution in [0.2, 0.25) is 0 Å². The quantitative estimate of drug-likeness (QED) is 0.781. The molecule has 1 aromatic rings. The second-order valence-electron chi connectivity index (χ2n) is 4.64. The van der Waals surface area contributed by atoms with E-state index in [-0.39, 0.29) is 0 Å². The van der Waals surface area contributed by atoms with Crippen molar-refractivity contribution in [3.63, 3.8) is 0 Å². The molecule has 2 atom stereocenters. The fourth-order valence-corrected chi connectivity index (χ4v) is 2.69. The average Bonchev–Trinajstić information content (AvgIpc) is 2.90. The Morgan fingerprint density at radius 3 is 2.65 bits per heavy atom. The number of nitrogens with zero attached hydrogens (tertiary/aromatic N) is 1. The topological polar surface area (TPSA) is 36.5 Å². The SMILES string of the molecule is c1ccc(C2CNNC2N2CCOCC2)cc1. The molecule has 0 aromatic heterocycles. The van der Waals surface area contributed by atoms with Gasteiger partial charge in [0.1, 0.15) is 0 Å². The third-order valence-corrected chi connectivity index (χ3v) is 3.62.